The van der Waals surface area contributed by atoms with Crippen molar-refractivity contribution in [2.75, 3.05) is 39.0 Å². The van der Waals surface area contributed by atoms with E-state index in [0.29, 0.717) is 30.7 Å². The molecule has 1 saturated heterocycles. The summed E-state index contributed by atoms with van der Waals surface area (Å²) in [5.41, 5.74) is 7.33. The van der Waals surface area contributed by atoms with Crippen LogP contribution < -0.4 is 10.5 Å². The molecule has 0 aliphatic carbocycles. The van der Waals surface area contributed by atoms with E-state index in [1.54, 1.807) is 24.3 Å². The Labute approximate surface area is 167 Å². The average Bonchev–Trinajstić information content (AvgIpc) is 3.05. The summed E-state index contributed by atoms with van der Waals surface area (Å²) < 4.78 is 29.0. The Hall–Kier alpha value is -1.60. The maximum Gasteiger partial charge on any atom is 0.175 e. The molecule has 2 atom stereocenters. The molecule has 0 saturated carbocycles. The first-order chi connectivity index (χ1) is 12.5. The van der Waals surface area contributed by atoms with Gasteiger partial charge in [0, 0.05) is 31.8 Å². The van der Waals surface area contributed by atoms with E-state index in [4.69, 9.17) is 10.5 Å². The van der Waals surface area contributed by atoms with Crippen LogP contribution in [0.15, 0.2) is 59.5 Å². The third kappa shape index (κ3) is 5.69. The Morgan fingerprint density at radius 2 is 1.85 bits per heavy atom. The standard InChI is InChI=1S/C20H26N2O3S.ClH/c1-26(23,24)19-9-5-8-18(12-19)25-11-10-22-14-17(13-21)20(15-22)16-6-3-2-4-7-16;/h2-9,12,17,20H,10-11,13-15,21H2,1H3;1H/t17-,20+;/m1./s1. The molecule has 0 radical (unpaired) electrons. The first kappa shape index (κ1) is 21.7. The van der Waals surface area contributed by atoms with Gasteiger partial charge in [0.1, 0.15) is 12.4 Å². The number of benzene rings is 2. The summed E-state index contributed by atoms with van der Waals surface area (Å²) in [7, 11) is -3.22. The number of hydrogen-bond donors (Lipinski definition) is 1. The van der Waals surface area contributed by atoms with Gasteiger partial charge in [-0.1, -0.05) is 36.4 Å². The summed E-state index contributed by atoms with van der Waals surface area (Å²) in [5, 5.41) is 0. The SMILES string of the molecule is CS(=O)(=O)c1cccc(OCCN2C[C@@H](CN)[C@H](c3ccccc3)C2)c1.Cl. The summed E-state index contributed by atoms with van der Waals surface area (Å²) in [5.74, 6) is 1.49. The second kappa shape index (κ2) is 9.55. The van der Waals surface area contributed by atoms with Crippen LogP contribution in [0.25, 0.3) is 0 Å². The molecule has 2 aromatic carbocycles. The van der Waals surface area contributed by atoms with Crippen LogP contribution in [0, 0.1) is 5.92 Å². The fourth-order valence-electron chi connectivity index (χ4n) is 3.55. The van der Waals surface area contributed by atoms with Gasteiger partial charge >= 0.3 is 0 Å². The summed E-state index contributed by atoms with van der Waals surface area (Å²) in [6.07, 6.45) is 1.20. The highest BCUT2D eigenvalue weighted by atomic mass is 35.5. The van der Waals surface area contributed by atoms with Crippen LogP contribution in [-0.2, 0) is 9.84 Å². The van der Waals surface area contributed by atoms with E-state index >= 15 is 0 Å². The molecule has 0 aromatic heterocycles. The van der Waals surface area contributed by atoms with Gasteiger partial charge in [-0.15, -0.1) is 12.4 Å². The maximum atomic E-state index is 11.6. The number of nitrogens with two attached hydrogens (primary N) is 1. The first-order valence-electron chi connectivity index (χ1n) is 8.87. The van der Waals surface area contributed by atoms with Crippen molar-refractivity contribution in [2.45, 2.75) is 10.8 Å². The zero-order valence-electron chi connectivity index (χ0n) is 15.5. The van der Waals surface area contributed by atoms with Crippen LogP contribution in [0.1, 0.15) is 11.5 Å². The molecule has 1 heterocycles. The summed E-state index contributed by atoms with van der Waals surface area (Å²) in [4.78, 5) is 2.65. The summed E-state index contributed by atoms with van der Waals surface area (Å²) in [6.45, 7) is 3.92. The number of ether oxygens (including phenoxy) is 1. The predicted octanol–water partition coefficient (Wildman–Crippen LogP) is 2.57. The van der Waals surface area contributed by atoms with Crippen LogP contribution in [0.2, 0.25) is 0 Å². The van der Waals surface area contributed by atoms with Crippen molar-refractivity contribution in [3.8, 4) is 5.75 Å². The molecule has 0 bridgehead atoms. The predicted molar refractivity (Wildman–Crippen MR) is 110 cm³/mol. The van der Waals surface area contributed by atoms with Crippen LogP contribution in [0.5, 0.6) is 5.75 Å². The van der Waals surface area contributed by atoms with Crippen molar-refractivity contribution in [3.63, 3.8) is 0 Å². The van der Waals surface area contributed by atoms with E-state index in [9.17, 15) is 8.42 Å². The van der Waals surface area contributed by atoms with Crippen molar-refractivity contribution in [1.82, 2.24) is 4.90 Å². The minimum absolute atomic E-state index is 0. The summed E-state index contributed by atoms with van der Waals surface area (Å²) in [6, 6.07) is 17.2. The van der Waals surface area contributed by atoms with Crippen LogP contribution in [-0.4, -0.2) is 52.4 Å². The molecule has 3 rings (SSSR count). The minimum Gasteiger partial charge on any atom is -0.492 e. The van der Waals surface area contributed by atoms with Crippen molar-refractivity contribution >= 4 is 22.2 Å². The lowest BCUT2D eigenvalue weighted by molar-refractivity contribution is 0.232. The van der Waals surface area contributed by atoms with E-state index < -0.39 is 9.84 Å². The van der Waals surface area contributed by atoms with E-state index in [1.807, 2.05) is 6.07 Å². The molecule has 1 aliphatic rings. The number of rotatable bonds is 7. The van der Waals surface area contributed by atoms with Gasteiger partial charge in [0.25, 0.3) is 0 Å². The number of hydrogen-bond acceptors (Lipinski definition) is 5. The molecular weight excluding hydrogens is 384 g/mol. The van der Waals surface area contributed by atoms with Gasteiger partial charge in [0.2, 0.25) is 0 Å². The second-order valence-electron chi connectivity index (χ2n) is 6.87. The van der Waals surface area contributed by atoms with Gasteiger partial charge in [0.05, 0.1) is 4.90 Å². The highest BCUT2D eigenvalue weighted by Crippen LogP contribution is 2.31. The highest BCUT2D eigenvalue weighted by molar-refractivity contribution is 7.90. The Bertz CT molecular complexity index is 830. The minimum atomic E-state index is -3.22. The van der Waals surface area contributed by atoms with Crippen LogP contribution >= 0.6 is 12.4 Å². The third-order valence-electron chi connectivity index (χ3n) is 4.96. The van der Waals surface area contributed by atoms with Crippen molar-refractivity contribution < 1.29 is 13.2 Å². The van der Waals surface area contributed by atoms with Gasteiger partial charge in [0.15, 0.2) is 9.84 Å². The molecule has 0 amide bonds. The zero-order valence-corrected chi connectivity index (χ0v) is 17.1. The Morgan fingerprint density at radius 1 is 1.11 bits per heavy atom. The molecule has 5 nitrogen and oxygen atoms in total. The lowest BCUT2D eigenvalue weighted by atomic mass is 9.89. The highest BCUT2D eigenvalue weighted by Gasteiger charge is 2.32. The normalized spacial score (nSPS) is 20.2. The first-order valence-corrected chi connectivity index (χ1v) is 10.8. The summed E-state index contributed by atoms with van der Waals surface area (Å²) >= 11 is 0. The Balaban J connectivity index is 0.00000261. The Kier molecular flexibility index (Phi) is 7.68. The molecule has 1 aliphatic heterocycles. The van der Waals surface area contributed by atoms with E-state index in [0.717, 1.165) is 19.6 Å². The smallest absolute Gasteiger partial charge is 0.175 e. The van der Waals surface area contributed by atoms with Gasteiger partial charge in [-0.2, -0.15) is 0 Å². The van der Waals surface area contributed by atoms with Gasteiger partial charge in [-0.25, -0.2) is 8.42 Å². The number of sulfone groups is 1. The number of likely N-dealkylation sites (tertiary alicyclic amines) is 1. The van der Waals surface area contributed by atoms with Crippen LogP contribution in [0.4, 0.5) is 0 Å². The van der Waals surface area contributed by atoms with Gasteiger partial charge in [-0.3, -0.25) is 4.90 Å². The Morgan fingerprint density at radius 3 is 2.52 bits per heavy atom. The van der Waals surface area contributed by atoms with Crippen molar-refractivity contribution in [1.29, 1.82) is 0 Å². The van der Waals surface area contributed by atoms with Crippen LogP contribution in [0.3, 0.4) is 0 Å². The maximum absolute atomic E-state index is 11.6. The fraction of sp³-hybridized carbons (Fsp3) is 0.400. The van der Waals surface area contributed by atoms with Gasteiger partial charge < -0.3 is 10.5 Å². The van der Waals surface area contributed by atoms with E-state index in [-0.39, 0.29) is 17.3 Å². The molecule has 0 unspecified atom stereocenters. The molecule has 2 N–H and O–H groups in total. The molecule has 7 heteroatoms. The lowest BCUT2D eigenvalue weighted by Crippen LogP contribution is -2.27. The molecule has 1 fully saturated rings. The van der Waals surface area contributed by atoms with Crippen molar-refractivity contribution in [3.05, 3.63) is 60.2 Å². The zero-order chi connectivity index (χ0) is 18.6. The monoisotopic (exact) mass is 410 g/mol. The largest absolute Gasteiger partial charge is 0.492 e. The molecule has 0 spiro atoms. The number of halogens is 1. The average molecular weight is 411 g/mol. The molecule has 148 valence electrons. The third-order valence-corrected chi connectivity index (χ3v) is 6.07. The fourth-order valence-corrected chi connectivity index (χ4v) is 4.20. The topological polar surface area (TPSA) is 72.6 Å². The van der Waals surface area contributed by atoms with E-state index in [2.05, 4.69) is 29.2 Å². The quantitative estimate of drug-likeness (QED) is 0.759. The van der Waals surface area contributed by atoms with Crippen molar-refractivity contribution in [2.24, 2.45) is 11.7 Å². The lowest BCUT2D eigenvalue weighted by Gasteiger charge is -2.17. The molecular formula is C20H27ClN2O3S. The number of nitrogens with zero attached hydrogens (tertiary/aromatic N) is 1. The van der Waals surface area contributed by atoms with Gasteiger partial charge in [-0.05, 0) is 36.2 Å². The molecule has 27 heavy (non-hydrogen) atoms. The second-order valence-corrected chi connectivity index (χ2v) is 8.88. The molecule has 2 aromatic rings. The van der Waals surface area contributed by atoms with E-state index in [1.165, 1.54) is 11.8 Å².